The Labute approximate surface area is 415 Å². The zero-order chi connectivity index (χ0) is 48.8. The molecule has 4 saturated heterocycles. The summed E-state index contributed by atoms with van der Waals surface area (Å²) in [5.41, 5.74) is 2.81. The fraction of sp³-hybridized carbons (Fsp3) is 0.661. The SMILES string of the molecule is CCCCCCCC#CCCCCC(=O)OCC(C(=O)OC1C[C@H]2CC[C@@H](C1)N2C)c1ccc(CCCCC(C)/C=C/CCC(=O)OCC(C(=O)OC2C[C@H]3CC[C@@H](C2)N3C)c2ccccc2)cc1. The first-order chi connectivity index (χ1) is 33.6. The second-order valence-corrected chi connectivity index (χ2v) is 20.7. The van der Waals surface area contributed by atoms with Crippen LogP contribution in [0.4, 0.5) is 0 Å². The average Bonchev–Trinajstić information content (AvgIpc) is 3.65. The van der Waals surface area contributed by atoms with Gasteiger partial charge in [0.2, 0.25) is 0 Å². The van der Waals surface area contributed by atoms with E-state index in [4.69, 9.17) is 18.9 Å². The Morgan fingerprint density at radius 3 is 1.68 bits per heavy atom. The van der Waals surface area contributed by atoms with E-state index in [9.17, 15) is 19.2 Å². The van der Waals surface area contributed by atoms with Crippen LogP contribution in [0, 0.1) is 17.8 Å². The van der Waals surface area contributed by atoms with Crippen molar-refractivity contribution in [3.05, 3.63) is 83.4 Å². The first-order valence-corrected chi connectivity index (χ1v) is 27.0. The predicted molar refractivity (Wildman–Crippen MR) is 272 cm³/mol. The Morgan fingerprint density at radius 1 is 0.623 bits per heavy atom. The third kappa shape index (κ3) is 17.7. The molecule has 4 aliphatic heterocycles. The molecule has 0 radical (unpaired) electrons. The van der Waals surface area contributed by atoms with E-state index in [2.05, 4.69) is 73.9 Å². The van der Waals surface area contributed by atoms with Crippen LogP contribution in [0.25, 0.3) is 0 Å². The Balaban J connectivity index is 0.887. The monoisotopic (exact) mass is 949 g/mol. The second-order valence-electron chi connectivity index (χ2n) is 20.7. The van der Waals surface area contributed by atoms with Crippen LogP contribution in [-0.2, 0) is 44.5 Å². The molecule has 9 atom stereocenters. The zero-order valence-electron chi connectivity index (χ0n) is 42.6. The maximum absolute atomic E-state index is 13.8. The van der Waals surface area contributed by atoms with Crippen molar-refractivity contribution < 1.29 is 38.1 Å². The summed E-state index contributed by atoms with van der Waals surface area (Å²) in [5.74, 6) is 4.36. The van der Waals surface area contributed by atoms with Gasteiger partial charge in [-0.1, -0.05) is 113 Å². The molecule has 10 heteroatoms. The van der Waals surface area contributed by atoms with E-state index in [0.717, 1.165) is 120 Å². The van der Waals surface area contributed by atoms with E-state index in [1.54, 1.807) is 0 Å². The largest absolute Gasteiger partial charge is 0.464 e. The van der Waals surface area contributed by atoms with Gasteiger partial charge >= 0.3 is 23.9 Å². The lowest BCUT2D eigenvalue weighted by molar-refractivity contribution is -0.159. The lowest BCUT2D eigenvalue weighted by atomic mass is 9.95. The number of carbonyl (C=O) groups excluding carboxylic acids is 4. The molecule has 2 aromatic rings. The van der Waals surface area contributed by atoms with Crippen LogP contribution in [-0.4, -0.2) is 97.4 Å². The number of esters is 4. The number of aryl methyl sites for hydroxylation is 1. The van der Waals surface area contributed by atoms with E-state index in [0.29, 0.717) is 42.9 Å². The molecule has 0 saturated carbocycles. The molecule has 0 aromatic heterocycles. The van der Waals surface area contributed by atoms with Crippen LogP contribution in [0.5, 0.6) is 0 Å². The molecule has 69 heavy (non-hydrogen) atoms. The number of allylic oxidation sites excluding steroid dienone is 2. The number of carbonyl (C=O) groups is 4. The maximum Gasteiger partial charge on any atom is 0.317 e. The topological polar surface area (TPSA) is 112 Å². The highest BCUT2D eigenvalue weighted by Gasteiger charge is 2.42. The fourth-order valence-electron chi connectivity index (χ4n) is 11.0. The quantitative estimate of drug-likeness (QED) is 0.0269. The van der Waals surface area contributed by atoms with Gasteiger partial charge in [-0.3, -0.25) is 19.2 Å². The van der Waals surface area contributed by atoms with Crippen molar-refractivity contribution in [3.8, 4) is 11.8 Å². The summed E-state index contributed by atoms with van der Waals surface area (Å²) in [6, 6.07) is 19.5. The number of fused-ring (bicyclic) bond motifs is 4. The van der Waals surface area contributed by atoms with E-state index in [1.165, 1.54) is 31.2 Å². The molecule has 6 rings (SSSR count). The Bertz CT molecular complexity index is 1950. The van der Waals surface area contributed by atoms with Gasteiger partial charge in [0.05, 0.1) is 0 Å². The van der Waals surface area contributed by atoms with Crippen LogP contribution < -0.4 is 0 Å². The van der Waals surface area contributed by atoms with Crippen molar-refractivity contribution in [3.63, 3.8) is 0 Å². The number of benzene rings is 2. The summed E-state index contributed by atoms with van der Waals surface area (Å²) in [4.78, 5) is 57.8. The van der Waals surface area contributed by atoms with E-state index in [-0.39, 0.29) is 55.7 Å². The Morgan fingerprint density at radius 2 is 1.13 bits per heavy atom. The van der Waals surface area contributed by atoms with Crippen LogP contribution >= 0.6 is 0 Å². The lowest BCUT2D eigenvalue weighted by Crippen LogP contribution is -2.44. The highest BCUT2D eigenvalue weighted by atomic mass is 16.6. The Hall–Kier alpha value is -4.46. The normalized spacial score (nSPS) is 23.4. The number of hydrogen-bond acceptors (Lipinski definition) is 10. The van der Waals surface area contributed by atoms with E-state index in [1.807, 2.05) is 42.5 Å². The minimum atomic E-state index is -0.670. The highest BCUT2D eigenvalue weighted by Crippen LogP contribution is 2.37. The standard InChI is InChI=1S/C59H84N2O8/c1-5-6-7-8-9-10-11-12-13-14-18-28-56(62)67-43-55(59(65)69-53-40-50-36-37-51(41-53)61(50)4)47-32-30-45(31-33-47)25-21-19-23-44(2)24-20-22-29-57(63)66-42-54(46-26-16-15-17-27-46)58(64)68-52-38-48-34-35-49(39-52)60(48)3/h15-17,20,24,26-27,30-33,44,48-55H,5-10,13-14,18-19,21-23,25,28-29,34-43H2,1-4H3/b24-20+/t44?,48-,49+,50-,51+,52?,53?,54?,55?. The van der Waals surface area contributed by atoms with Crippen LogP contribution in [0.15, 0.2) is 66.7 Å². The highest BCUT2D eigenvalue weighted by molar-refractivity contribution is 5.80. The first kappa shape index (κ1) is 53.9. The molecule has 2 aromatic carbocycles. The predicted octanol–water partition coefficient (Wildman–Crippen LogP) is 11.6. The fourth-order valence-corrected chi connectivity index (χ4v) is 11.0. The second kappa shape index (κ2) is 29.0. The number of nitrogens with zero attached hydrogens (tertiary/aromatic N) is 2. The van der Waals surface area contributed by atoms with Gasteiger partial charge in [-0.2, -0.15) is 0 Å². The van der Waals surface area contributed by atoms with Crippen molar-refractivity contribution in [2.45, 2.75) is 216 Å². The summed E-state index contributed by atoms with van der Waals surface area (Å²) in [6.45, 7) is 4.38. The van der Waals surface area contributed by atoms with Crippen molar-refractivity contribution in [1.29, 1.82) is 0 Å². The van der Waals surface area contributed by atoms with Gasteiger partial charge in [-0.05, 0) is 133 Å². The summed E-state index contributed by atoms with van der Waals surface area (Å²) < 4.78 is 23.7. The molecular weight excluding hydrogens is 865 g/mol. The van der Waals surface area contributed by atoms with Crippen molar-refractivity contribution in [1.82, 2.24) is 9.80 Å². The summed E-state index contributed by atoms with van der Waals surface area (Å²) in [6.07, 6.45) is 26.8. The summed E-state index contributed by atoms with van der Waals surface area (Å²) >= 11 is 0. The third-order valence-corrected chi connectivity index (χ3v) is 15.5. The van der Waals surface area contributed by atoms with E-state index < -0.39 is 11.8 Å². The number of ether oxygens (including phenoxy) is 4. The summed E-state index contributed by atoms with van der Waals surface area (Å²) in [5, 5.41) is 0. The molecular formula is C59H84N2O8. The number of piperidine rings is 2. The average molecular weight is 949 g/mol. The van der Waals surface area contributed by atoms with Crippen LogP contribution in [0.3, 0.4) is 0 Å². The van der Waals surface area contributed by atoms with Crippen molar-refractivity contribution in [2.24, 2.45) is 5.92 Å². The van der Waals surface area contributed by atoms with Crippen LogP contribution in [0.2, 0.25) is 0 Å². The molecule has 10 nitrogen and oxygen atoms in total. The minimum absolute atomic E-state index is 0.0224. The molecule has 5 unspecified atom stereocenters. The van der Waals surface area contributed by atoms with Crippen molar-refractivity contribution >= 4 is 23.9 Å². The smallest absolute Gasteiger partial charge is 0.317 e. The molecule has 378 valence electrons. The molecule has 0 spiro atoms. The van der Waals surface area contributed by atoms with Crippen LogP contribution in [0.1, 0.15) is 190 Å². The number of rotatable bonds is 28. The van der Waals surface area contributed by atoms with Crippen molar-refractivity contribution in [2.75, 3.05) is 27.3 Å². The van der Waals surface area contributed by atoms with Gasteiger partial charge in [0.15, 0.2) is 0 Å². The van der Waals surface area contributed by atoms with Gasteiger partial charge < -0.3 is 28.7 Å². The summed E-state index contributed by atoms with van der Waals surface area (Å²) in [7, 11) is 4.35. The van der Waals surface area contributed by atoms with E-state index >= 15 is 0 Å². The number of hydrogen-bond donors (Lipinski definition) is 0. The van der Waals surface area contributed by atoms with Gasteiger partial charge in [0, 0.05) is 49.9 Å². The molecule has 0 N–H and O–H groups in total. The lowest BCUT2D eigenvalue weighted by Gasteiger charge is -2.36. The third-order valence-electron chi connectivity index (χ3n) is 15.5. The first-order valence-electron chi connectivity index (χ1n) is 27.0. The van der Waals surface area contributed by atoms with Gasteiger partial charge in [-0.15, -0.1) is 11.8 Å². The maximum atomic E-state index is 13.8. The molecule has 4 fully saturated rings. The van der Waals surface area contributed by atoms with Gasteiger partial charge in [-0.25, -0.2) is 0 Å². The van der Waals surface area contributed by atoms with Gasteiger partial charge in [0.1, 0.15) is 37.3 Å². The molecule has 4 aliphatic rings. The molecule has 0 aliphatic carbocycles. The molecule has 4 bridgehead atoms. The molecule has 0 amide bonds. The van der Waals surface area contributed by atoms with Gasteiger partial charge in [0.25, 0.3) is 0 Å². The zero-order valence-corrected chi connectivity index (χ0v) is 42.6. The Kier molecular flexibility index (Phi) is 22.7. The minimum Gasteiger partial charge on any atom is -0.464 e. The number of unbranched alkanes of at least 4 members (excludes halogenated alkanes) is 8. The molecule has 4 heterocycles.